The number of ether oxygens (including phenoxy) is 3. The van der Waals surface area contributed by atoms with Crippen LogP contribution in [-0.4, -0.2) is 66.2 Å². The number of phenolic OH excluding ortho intramolecular Hbond substituents is 1. The third-order valence-electron chi connectivity index (χ3n) is 6.25. The molecule has 0 bridgehead atoms. The number of hydrogen-bond donors (Lipinski definition) is 2. The van der Waals surface area contributed by atoms with Crippen LogP contribution in [0, 0.1) is 0 Å². The number of aromatic hydroxyl groups is 1. The maximum absolute atomic E-state index is 13.2. The van der Waals surface area contributed by atoms with Crippen LogP contribution in [0.15, 0.2) is 42.6 Å². The number of esters is 2. The topological polar surface area (TPSA) is 144 Å². The lowest BCUT2D eigenvalue weighted by Gasteiger charge is -2.19. The molecule has 0 spiro atoms. The van der Waals surface area contributed by atoms with Crippen molar-refractivity contribution in [2.75, 3.05) is 25.1 Å². The molecule has 0 saturated carbocycles. The summed E-state index contributed by atoms with van der Waals surface area (Å²) >= 11 is 1.45. The van der Waals surface area contributed by atoms with Crippen molar-refractivity contribution in [3.8, 4) is 17.2 Å². The standard InChI is InChI=1S/C28H26F3N3O8S/c1-15(35)23(26(38)42-27(39)28(29,30)31)41-20-12-16(5-6-18(20)36)8-11-40-19-4-3-9-33-24(19)34(2)25(37)22-13-17-14-32-10-7-21(17)43-22/h3-6,9,12-13,23,32,36H,7-8,10-11,14H2,1-2H3. The van der Waals surface area contributed by atoms with Crippen molar-refractivity contribution in [3.63, 3.8) is 0 Å². The minimum Gasteiger partial charge on any atom is -0.504 e. The summed E-state index contributed by atoms with van der Waals surface area (Å²) in [6.45, 7) is 2.47. The summed E-state index contributed by atoms with van der Waals surface area (Å²) < 4.78 is 52.1. The second-order valence-corrected chi connectivity index (χ2v) is 10.5. The fourth-order valence-corrected chi connectivity index (χ4v) is 5.24. The number of anilines is 1. The number of carbonyl (C=O) groups excluding carboxylic acids is 4. The Morgan fingerprint density at radius 3 is 2.63 bits per heavy atom. The summed E-state index contributed by atoms with van der Waals surface area (Å²) in [6, 6.07) is 9.10. The number of nitrogens with one attached hydrogen (secondary N) is 1. The summed E-state index contributed by atoms with van der Waals surface area (Å²) in [6.07, 6.45) is -5.11. The number of alkyl halides is 3. The predicted molar refractivity (Wildman–Crippen MR) is 146 cm³/mol. The number of phenols is 1. The molecule has 11 nitrogen and oxygen atoms in total. The number of aromatic nitrogens is 1. The van der Waals surface area contributed by atoms with Gasteiger partial charge in [-0.3, -0.25) is 14.5 Å². The molecule has 0 fully saturated rings. The number of hydrogen-bond acceptors (Lipinski definition) is 11. The first-order valence-corrected chi connectivity index (χ1v) is 13.7. The number of carbonyl (C=O) groups is 4. The van der Waals surface area contributed by atoms with Crippen LogP contribution in [-0.2, 0) is 38.5 Å². The molecule has 43 heavy (non-hydrogen) atoms. The largest absolute Gasteiger partial charge is 0.504 e. The van der Waals surface area contributed by atoms with Crippen LogP contribution >= 0.6 is 11.3 Å². The Morgan fingerprint density at radius 1 is 1.16 bits per heavy atom. The number of fused-ring (bicyclic) bond motifs is 1. The molecule has 1 aromatic carbocycles. The van der Waals surface area contributed by atoms with E-state index in [0.717, 1.165) is 25.5 Å². The number of benzene rings is 1. The predicted octanol–water partition coefficient (Wildman–Crippen LogP) is 3.36. The van der Waals surface area contributed by atoms with Crippen LogP contribution in [0.3, 0.4) is 0 Å². The minimum atomic E-state index is -5.46. The Kier molecular flexibility index (Phi) is 9.66. The van der Waals surface area contributed by atoms with E-state index >= 15 is 0 Å². The molecule has 0 aliphatic carbocycles. The van der Waals surface area contributed by atoms with Gasteiger partial charge in [-0.1, -0.05) is 6.07 Å². The van der Waals surface area contributed by atoms with Gasteiger partial charge in [-0.25, -0.2) is 14.6 Å². The lowest BCUT2D eigenvalue weighted by atomic mass is 10.1. The van der Waals surface area contributed by atoms with Crippen molar-refractivity contribution >= 4 is 40.8 Å². The van der Waals surface area contributed by atoms with E-state index in [9.17, 15) is 37.5 Å². The lowest BCUT2D eigenvalue weighted by molar-refractivity contribution is -0.203. The lowest BCUT2D eigenvalue weighted by Crippen LogP contribution is -2.39. The summed E-state index contributed by atoms with van der Waals surface area (Å²) in [4.78, 5) is 55.6. The molecule has 3 heterocycles. The Bertz CT molecular complexity index is 1520. The molecule has 15 heteroatoms. The summed E-state index contributed by atoms with van der Waals surface area (Å²) in [5.74, 6) is -6.30. The smallest absolute Gasteiger partial charge is 0.491 e. The number of nitrogens with zero attached hydrogens (tertiary/aromatic N) is 2. The van der Waals surface area contributed by atoms with Crippen LogP contribution < -0.4 is 19.7 Å². The van der Waals surface area contributed by atoms with Crippen LogP contribution in [0.25, 0.3) is 0 Å². The zero-order valence-corrected chi connectivity index (χ0v) is 23.7. The van der Waals surface area contributed by atoms with E-state index in [1.807, 2.05) is 6.07 Å². The SMILES string of the molecule is CC(=O)C(Oc1cc(CCOc2cccnc2N(C)C(=O)c2cc3c(s2)CCNC3)ccc1O)C(=O)OC(=O)C(F)(F)F. The van der Waals surface area contributed by atoms with Gasteiger partial charge in [-0.15, -0.1) is 11.3 Å². The van der Waals surface area contributed by atoms with Crippen molar-refractivity contribution < 1.29 is 51.7 Å². The molecular weight excluding hydrogens is 595 g/mol. The van der Waals surface area contributed by atoms with Crippen molar-refractivity contribution in [1.82, 2.24) is 10.3 Å². The molecule has 228 valence electrons. The van der Waals surface area contributed by atoms with Gasteiger partial charge in [-0.05, 0) is 54.8 Å². The zero-order chi connectivity index (χ0) is 31.3. The molecule has 4 rings (SSSR count). The summed E-state index contributed by atoms with van der Waals surface area (Å²) in [5, 5.41) is 13.4. The average molecular weight is 622 g/mol. The molecule has 1 unspecified atom stereocenters. The number of amides is 1. The van der Waals surface area contributed by atoms with Gasteiger partial charge in [-0.2, -0.15) is 13.2 Å². The van der Waals surface area contributed by atoms with Crippen molar-refractivity contribution in [2.45, 2.75) is 38.6 Å². The molecule has 2 N–H and O–H groups in total. The van der Waals surface area contributed by atoms with Gasteiger partial charge >= 0.3 is 18.1 Å². The highest BCUT2D eigenvalue weighted by molar-refractivity contribution is 7.14. The third-order valence-corrected chi connectivity index (χ3v) is 7.48. The Hall–Kier alpha value is -4.50. The van der Waals surface area contributed by atoms with E-state index in [1.54, 1.807) is 19.2 Å². The highest BCUT2D eigenvalue weighted by atomic mass is 32.1. The molecular formula is C28H26F3N3O8S. The van der Waals surface area contributed by atoms with E-state index in [2.05, 4.69) is 15.0 Å². The van der Waals surface area contributed by atoms with Gasteiger partial charge in [0.05, 0.1) is 11.5 Å². The van der Waals surface area contributed by atoms with Gasteiger partial charge in [0.1, 0.15) is 0 Å². The first-order chi connectivity index (χ1) is 20.3. The molecule has 1 aliphatic heterocycles. The van der Waals surface area contributed by atoms with Crippen molar-refractivity contribution in [3.05, 3.63) is 63.5 Å². The van der Waals surface area contributed by atoms with Gasteiger partial charge in [0.25, 0.3) is 12.0 Å². The number of halogens is 3. The number of Topliss-reactive ketones (excluding diaryl/α,β-unsaturated/α-hetero) is 1. The molecule has 3 aromatic rings. The maximum atomic E-state index is 13.2. The fourth-order valence-electron chi connectivity index (χ4n) is 4.08. The van der Waals surface area contributed by atoms with Crippen molar-refractivity contribution in [2.24, 2.45) is 0 Å². The normalized spacial score (nSPS) is 13.4. The summed E-state index contributed by atoms with van der Waals surface area (Å²) in [5.41, 5.74) is 1.59. The van der Waals surface area contributed by atoms with Crippen LogP contribution in [0.2, 0.25) is 0 Å². The summed E-state index contributed by atoms with van der Waals surface area (Å²) in [7, 11) is 1.59. The highest BCUT2D eigenvalue weighted by Crippen LogP contribution is 2.31. The zero-order valence-electron chi connectivity index (χ0n) is 22.9. The number of thiophene rings is 1. The first-order valence-electron chi connectivity index (χ1n) is 12.8. The van der Waals surface area contributed by atoms with Gasteiger partial charge in [0.2, 0.25) is 0 Å². The number of rotatable bonds is 10. The van der Waals surface area contributed by atoms with Crippen LogP contribution in [0.4, 0.5) is 19.0 Å². The van der Waals surface area contributed by atoms with E-state index in [0.29, 0.717) is 28.6 Å². The van der Waals surface area contributed by atoms with Gasteiger partial charge in [0, 0.05) is 37.6 Å². The minimum absolute atomic E-state index is 0.0577. The molecule has 1 amide bonds. The molecule has 2 aromatic heterocycles. The number of ketones is 1. The first kappa shape index (κ1) is 31.4. The molecule has 0 radical (unpaired) electrons. The average Bonchev–Trinajstić information content (AvgIpc) is 3.40. The third kappa shape index (κ3) is 7.67. The maximum Gasteiger partial charge on any atom is 0.491 e. The van der Waals surface area contributed by atoms with E-state index in [-0.39, 0.29) is 18.9 Å². The quantitative estimate of drug-likeness (QED) is 0.255. The van der Waals surface area contributed by atoms with Crippen LogP contribution in [0.5, 0.6) is 17.2 Å². The van der Waals surface area contributed by atoms with Crippen LogP contribution in [0.1, 0.15) is 32.6 Å². The van der Waals surface area contributed by atoms with Gasteiger partial charge < -0.3 is 24.6 Å². The Labute approximate surface area is 247 Å². The van der Waals surface area contributed by atoms with E-state index in [4.69, 9.17) is 9.47 Å². The van der Waals surface area contributed by atoms with E-state index < -0.39 is 41.5 Å². The van der Waals surface area contributed by atoms with Gasteiger partial charge in [0.15, 0.2) is 28.8 Å². The second-order valence-electron chi connectivity index (χ2n) is 9.39. The Balaban J connectivity index is 1.41. The number of pyridine rings is 1. The van der Waals surface area contributed by atoms with E-state index in [1.165, 1.54) is 45.5 Å². The molecule has 1 atom stereocenters. The highest BCUT2D eigenvalue weighted by Gasteiger charge is 2.44. The Morgan fingerprint density at radius 2 is 1.93 bits per heavy atom. The monoisotopic (exact) mass is 621 g/mol. The fraction of sp³-hybridized carbons (Fsp3) is 0.321. The second kappa shape index (κ2) is 13.2. The molecule has 1 aliphatic rings. The van der Waals surface area contributed by atoms with Crippen molar-refractivity contribution in [1.29, 1.82) is 0 Å². The molecule has 0 saturated heterocycles.